The number of benzene rings is 2. The zero-order chi connectivity index (χ0) is 20.4. The molecule has 0 atom stereocenters. The number of alkyl halides is 3. The van der Waals surface area contributed by atoms with Gasteiger partial charge in [0.1, 0.15) is 5.75 Å². The van der Waals surface area contributed by atoms with E-state index in [0.717, 1.165) is 22.3 Å². The minimum atomic E-state index is -4.72. The fourth-order valence-corrected chi connectivity index (χ4v) is 3.31. The van der Waals surface area contributed by atoms with Crippen LogP contribution in [0.2, 0.25) is 0 Å². The van der Waals surface area contributed by atoms with Crippen molar-refractivity contribution in [3.8, 4) is 16.9 Å². The Morgan fingerprint density at radius 1 is 0.966 bits per heavy atom. The van der Waals surface area contributed by atoms with Crippen LogP contribution in [-0.4, -0.2) is 33.7 Å². The van der Waals surface area contributed by atoms with E-state index in [1.165, 1.54) is 24.5 Å². The maximum atomic E-state index is 12.6. The first kappa shape index (κ1) is 18.9. The Kier molecular flexibility index (Phi) is 4.92. The molecule has 0 radical (unpaired) electrons. The van der Waals surface area contributed by atoms with Gasteiger partial charge < -0.3 is 9.64 Å². The van der Waals surface area contributed by atoms with E-state index in [2.05, 4.69) is 14.7 Å². The number of rotatable bonds is 3. The first-order chi connectivity index (χ1) is 13.9. The van der Waals surface area contributed by atoms with E-state index in [-0.39, 0.29) is 17.5 Å². The molecule has 1 aliphatic heterocycles. The van der Waals surface area contributed by atoms with Crippen molar-refractivity contribution in [2.75, 3.05) is 6.54 Å². The second-order valence-electron chi connectivity index (χ2n) is 6.60. The van der Waals surface area contributed by atoms with Crippen LogP contribution >= 0.6 is 0 Å². The summed E-state index contributed by atoms with van der Waals surface area (Å²) in [6, 6.07) is 13.2. The lowest BCUT2D eigenvalue weighted by Gasteiger charge is -2.28. The van der Waals surface area contributed by atoms with Crippen LogP contribution in [0.5, 0.6) is 5.75 Å². The van der Waals surface area contributed by atoms with Crippen molar-refractivity contribution >= 4 is 5.91 Å². The highest BCUT2D eigenvalue weighted by molar-refractivity contribution is 5.90. The Hall–Kier alpha value is -3.42. The summed E-state index contributed by atoms with van der Waals surface area (Å²) in [6.45, 7) is 1.00. The highest BCUT2D eigenvalue weighted by Crippen LogP contribution is 2.29. The highest BCUT2D eigenvalue weighted by Gasteiger charge is 2.31. The second-order valence-corrected chi connectivity index (χ2v) is 6.60. The smallest absolute Gasteiger partial charge is 0.406 e. The van der Waals surface area contributed by atoms with Crippen molar-refractivity contribution in [2.45, 2.75) is 19.3 Å². The van der Waals surface area contributed by atoms with E-state index in [1.54, 1.807) is 23.1 Å². The zero-order valence-corrected chi connectivity index (χ0v) is 15.2. The van der Waals surface area contributed by atoms with Gasteiger partial charge in [0.2, 0.25) is 5.82 Å². The molecule has 0 saturated carbocycles. The number of carbonyl (C=O) groups excluding carboxylic acids is 1. The van der Waals surface area contributed by atoms with E-state index in [0.29, 0.717) is 19.5 Å². The highest BCUT2D eigenvalue weighted by atomic mass is 19.4. The Balaban J connectivity index is 1.54. The van der Waals surface area contributed by atoms with Crippen LogP contribution in [0.3, 0.4) is 0 Å². The van der Waals surface area contributed by atoms with E-state index >= 15 is 0 Å². The average molecular weight is 399 g/mol. The molecule has 0 saturated heterocycles. The number of hydrogen-bond acceptors (Lipinski definition) is 4. The number of nitrogens with zero attached hydrogens (tertiary/aromatic N) is 3. The molecule has 2 heterocycles. The third-order valence-electron chi connectivity index (χ3n) is 4.68. The number of aromatic nitrogens is 2. The van der Waals surface area contributed by atoms with Gasteiger partial charge in [0.25, 0.3) is 5.91 Å². The Labute approximate surface area is 164 Å². The van der Waals surface area contributed by atoms with Crippen LogP contribution < -0.4 is 4.74 Å². The van der Waals surface area contributed by atoms with Crippen LogP contribution in [-0.2, 0) is 13.0 Å². The first-order valence-corrected chi connectivity index (χ1v) is 8.93. The maximum Gasteiger partial charge on any atom is 0.573 e. The van der Waals surface area contributed by atoms with Crippen molar-refractivity contribution in [3.63, 3.8) is 0 Å². The average Bonchev–Trinajstić information content (AvgIpc) is 2.72. The Morgan fingerprint density at radius 3 is 2.34 bits per heavy atom. The number of hydrogen-bond donors (Lipinski definition) is 0. The van der Waals surface area contributed by atoms with Crippen LogP contribution in [0.25, 0.3) is 11.1 Å². The normalized spacial score (nSPS) is 13.7. The van der Waals surface area contributed by atoms with Gasteiger partial charge in [0.05, 0.1) is 0 Å². The SMILES string of the molecule is O=C(c1ncccn1)N1CCc2ccc(-c3ccc(OC(F)(F)F)cc3)cc2C1. The lowest BCUT2D eigenvalue weighted by Crippen LogP contribution is -2.36. The second kappa shape index (κ2) is 7.54. The summed E-state index contributed by atoms with van der Waals surface area (Å²) >= 11 is 0. The molecule has 5 nitrogen and oxygen atoms in total. The number of halogens is 3. The molecule has 1 aliphatic rings. The van der Waals surface area contributed by atoms with Crippen molar-refractivity contribution in [1.82, 2.24) is 14.9 Å². The summed E-state index contributed by atoms with van der Waals surface area (Å²) in [7, 11) is 0. The van der Waals surface area contributed by atoms with Gasteiger partial charge in [0, 0.05) is 25.5 Å². The monoisotopic (exact) mass is 399 g/mol. The summed E-state index contributed by atoms with van der Waals surface area (Å²) in [5.74, 6) is -0.332. The topological polar surface area (TPSA) is 55.3 Å². The molecule has 0 fully saturated rings. The zero-order valence-electron chi connectivity index (χ0n) is 15.2. The maximum absolute atomic E-state index is 12.6. The van der Waals surface area contributed by atoms with Crippen LogP contribution in [0.4, 0.5) is 13.2 Å². The van der Waals surface area contributed by atoms with Crippen molar-refractivity contribution in [3.05, 3.63) is 77.9 Å². The molecule has 2 aromatic carbocycles. The lowest BCUT2D eigenvalue weighted by molar-refractivity contribution is -0.274. The molecule has 0 bridgehead atoms. The summed E-state index contributed by atoms with van der Waals surface area (Å²) in [6.07, 6.45) is -0.941. The van der Waals surface area contributed by atoms with E-state index in [9.17, 15) is 18.0 Å². The van der Waals surface area contributed by atoms with Gasteiger partial charge >= 0.3 is 6.36 Å². The molecule has 0 spiro atoms. The quantitative estimate of drug-likeness (QED) is 0.661. The Morgan fingerprint density at radius 2 is 1.66 bits per heavy atom. The molecule has 0 N–H and O–H groups in total. The fourth-order valence-electron chi connectivity index (χ4n) is 3.31. The van der Waals surface area contributed by atoms with Crippen LogP contribution in [0.15, 0.2) is 60.9 Å². The molecule has 3 aromatic rings. The molecule has 148 valence electrons. The van der Waals surface area contributed by atoms with E-state index < -0.39 is 6.36 Å². The van der Waals surface area contributed by atoms with Crippen molar-refractivity contribution < 1.29 is 22.7 Å². The molecule has 8 heteroatoms. The van der Waals surface area contributed by atoms with Crippen molar-refractivity contribution in [1.29, 1.82) is 0 Å². The molecular formula is C21H16F3N3O2. The molecule has 1 amide bonds. The molecular weight excluding hydrogens is 383 g/mol. The number of amides is 1. The van der Waals surface area contributed by atoms with Crippen molar-refractivity contribution in [2.24, 2.45) is 0 Å². The van der Waals surface area contributed by atoms with Crippen LogP contribution in [0.1, 0.15) is 21.7 Å². The molecule has 1 aromatic heterocycles. The fraction of sp³-hybridized carbons (Fsp3) is 0.190. The minimum Gasteiger partial charge on any atom is -0.406 e. The molecule has 29 heavy (non-hydrogen) atoms. The minimum absolute atomic E-state index is 0.160. The largest absolute Gasteiger partial charge is 0.573 e. The van der Waals surface area contributed by atoms with E-state index in [4.69, 9.17) is 0 Å². The summed E-state index contributed by atoms with van der Waals surface area (Å²) in [5.41, 5.74) is 3.75. The summed E-state index contributed by atoms with van der Waals surface area (Å²) in [5, 5.41) is 0. The van der Waals surface area contributed by atoms with Gasteiger partial charge in [-0.2, -0.15) is 0 Å². The molecule has 0 aliphatic carbocycles. The van der Waals surface area contributed by atoms with Gasteiger partial charge in [-0.05, 0) is 52.9 Å². The third kappa shape index (κ3) is 4.37. The van der Waals surface area contributed by atoms with Gasteiger partial charge in [-0.3, -0.25) is 4.79 Å². The standard InChI is InChI=1S/C21H16F3N3O2/c22-21(23,24)29-18-6-4-14(5-7-18)16-3-2-15-8-11-27(13-17(15)12-16)20(28)19-25-9-1-10-26-19/h1-7,9-10,12H,8,11,13H2. The van der Waals surface area contributed by atoms with Crippen LogP contribution in [0, 0.1) is 0 Å². The number of carbonyl (C=O) groups is 1. The first-order valence-electron chi connectivity index (χ1n) is 8.93. The van der Waals surface area contributed by atoms with Gasteiger partial charge in [-0.15, -0.1) is 13.2 Å². The summed E-state index contributed by atoms with van der Waals surface area (Å²) < 4.78 is 40.9. The van der Waals surface area contributed by atoms with Gasteiger partial charge in [-0.1, -0.05) is 24.3 Å². The number of fused-ring (bicyclic) bond motifs is 1. The third-order valence-corrected chi connectivity index (χ3v) is 4.68. The Bertz CT molecular complexity index is 1020. The molecule has 4 rings (SSSR count). The number of ether oxygens (including phenoxy) is 1. The predicted molar refractivity (Wildman–Crippen MR) is 99.0 cm³/mol. The molecule has 0 unspecified atom stereocenters. The lowest BCUT2D eigenvalue weighted by atomic mass is 9.94. The van der Waals surface area contributed by atoms with Gasteiger partial charge in [0.15, 0.2) is 0 Å². The van der Waals surface area contributed by atoms with E-state index in [1.807, 2.05) is 18.2 Å². The summed E-state index contributed by atoms with van der Waals surface area (Å²) in [4.78, 5) is 22.3. The predicted octanol–water partition coefficient (Wildman–Crippen LogP) is 4.24. The van der Waals surface area contributed by atoms with Gasteiger partial charge in [-0.25, -0.2) is 9.97 Å².